The van der Waals surface area contributed by atoms with Crippen molar-refractivity contribution in [1.82, 2.24) is 0 Å². The summed E-state index contributed by atoms with van der Waals surface area (Å²) in [5.41, 5.74) is 1.09. The molecule has 0 aliphatic rings. The summed E-state index contributed by atoms with van der Waals surface area (Å²) in [5, 5.41) is 20.6. The zero-order valence-electron chi connectivity index (χ0n) is 12.8. The van der Waals surface area contributed by atoms with Gasteiger partial charge in [0.25, 0.3) is 5.91 Å². The number of aromatic carboxylic acids is 1. The molecule has 0 aromatic heterocycles. The Kier molecular flexibility index (Phi) is 5.32. The van der Waals surface area contributed by atoms with Crippen LogP contribution in [0.25, 0.3) is 6.08 Å². The highest BCUT2D eigenvalue weighted by molar-refractivity contribution is 6.09. The molecule has 0 unspecified atom stereocenters. The summed E-state index contributed by atoms with van der Waals surface area (Å²) in [5.74, 6) is -1.02. The fraction of sp³-hybridized carbons (Fsp3) is 0.0556. The Balaban J connectivity index is 2.17. The Hall–Kier alpha value is -3.59. The lowest BCUT2D eigenvalue weighted by Gasteiger charge is -2.05. The topological polar surface area (TPSA) is 99.4 Å². The number of amides is 1. The second-order valence-corrected chi connectivity index (χ2v) is 4.78. The van der Waals surface area contributed by atoms with Gasteiger partial charge in [0.2, 0.25) is 0 Å². The predicted octanol–water partition coefficient (Wildman–Crippen LogP) is 2.94. The number of nitriles is 1. The summed E-state index contributed by atoms with van der Waals surface area (Å²) in [6, 6.07) is 14.5. The Labute approximate surface area is 138 Å². The number of rotatable bonds is 5. The van der Waals surface area contributed by atoms with E-state index in [1.807, 2.05) is 6.07 Å². The average Bonchev–Trinajstić information content (AvgIpc) is 2.60. The van der Waals surface area contributed by atoms with Gasteiger partial charge in [-0.25, -0.2) is 4.79 Å². The van der Waals surface area contributed by atoms with Crippen molar-refractivity contribution in [1.29, 1.82) is 5.26 Å². The van der Waals surface area contributed by atoms with E-state index < -0.39 is 11.9 Å². The molecule has 0 spiro atoms. The molecule has 2 N–H and O–H groups in total. The summed E-state index contributed by atoms with van der Waals surface area (Å²) in [7, 11) is 1.53. The molecule has 1 amide bonds. The third-order valence-electron chi connectivity index (χ3n) is 3.16. The molecule has 0 fully saturated rings. The predicted molar refractivity (Wildman–Crippen MR) is 88.6 cm³/mol. The molecule has 2 aromatic carbocycles. The third-order valence-corrected chi connectivity index (χ3v) is 3.16. The largest absolute Gasteiger partial charge is 0.497 e. The first-order valence-electron chi connectivity index (χ1n) is 6.94. The summed E-state index contributed by atoms with van der Waals surface area (Å²) < 4.78 is 5.10. The van der Waals surface area contributed by atoms with Crippen LogP contribution in [-0.2, 0) is 4.79 Å². The summed E-state index contributed by atoms with van der Waals surface area (Å²) in [4.78, 5) is 23.0. The van der Waals surface area contributed by atoms with Crippen molar-refractivity contribution in [3.63, 3.8) is 0 Å². The zero-order chi connectivity index (χ0) is 17.5. The van der Waals surface area contributed by atoms with Gasteiger partial charge in [0, 0.05) is 5.69 Å². The molecular formula is C18H14N2O4. The first-order valence-corrected chi connectivity index (χ1v) is 6.94. The Morgan fingerprint density at radius 1 is 1.21 bits per heavy atom. The average molecular weight is 322 g/mol. The molecule has 0 atom stereocenters. The van der Waals surface area contributed by atoms with Crippen LogP contribution >= 0.6 is 0 Å². The number of benzene rings is 2. The van der Waals surface area contributed by atoms with Crippen LogP contribution in [0.4, 0.5) is 5.69 Å². The molecule has 6 heteroatoms. The minimum atomic E-state index is -1.05. The van der Waals surface area contributed by atoms with Gasteiger partial charge in [0.1, 0.15) is 17.4 Å². The van der Waals surface area contributed by atoms with Crippen LogP contribution in [0.15, 0.2) is 54.1 Å². The van der Waals surface area contributed by atoms with Gasteiger partial charge in [0.05, 0.1) is 12.7 Å². The molecule has 120 valence electrons. The maximum atomic E-state index is 12.2. The van der Waals surface area contributed by atoms with E-state index in [2.05, 4.69) is 5.32 Å². The van der Waals surface area contributed by atoms with E-state index in [9.17, 15) is 14.9 Å². The highest BCUT2D eigenvalue weighted by atomic mass is 16.5. The number of carbonyl (C=O) groups is 2. The van der Waals surface area contributed by atoms with Crippen LogP contribution in [0, 0.1) is 11.3 Å². The van der Waals surface area contributed by atoms with Crippen molar-refractivity contribution in [2.45, 2.75) is 0 Å². The van der Waals surface area contributed by atoms with Gasteiger partial charge in [-0.2, -0.15) is 5.26 Å². The number of nitrogens with zero attached hydrogens (tertiary/aromatic N) is 1. The van der Waals surface area contributed by atoms with Gasteiger partial charge < -0.3 is 15.2 Å². The van der Waals surface area contributed by atoms with Gasteiger partial charge in [0.15, 0.2) is 0 Å². The van der Waals surface area contributed by atoms with E-state index in [1.54, 1.807) is 24.3 Å². The SMILES string of the molecule is COc1cccc(/C=C(\C#N)C(=O)Nc2ccc(C(=O)O)cc2)c1. The Bertz CT molecular complexity index is 833. The maximum Gasteiger partial charge on any atom is 0.335 e. The Morgan fingerprint density at radius 2 is 1.92 bits per heavy atom. The fourth-order valence-electron chi connectivity index (χ4n) is 1.94. The standard InChI is InChI=1S/C18H14N2O4/c1-24-16-4-2-3-12(10-16)9-14(11-19)17(21)20-15-7-5-13(6-8-15)18(22)23/h2-10H,1H3,(H,20,21)(H,22,23)/b14-9+. The first-order chi connectivity index (χ1) is 11.5. The summed E-state index contributed by atoms with van der Waals surface area (Å²) in [6.07, 6.45) is 1.45. The molecule has 2 aromatic rings. The molecule has 6 nitrogen and oxygen atoms in total. The molecule has 0 bridgehead atoms. The number of carbonyl (C=O) groups excluding carboxylic acids is 1. The minimum Gasteiger partial charge on any atom is -0.497 e. The van der Waals surface area contributed by atoms with Crippen LogP contribution < -0.4 is 10.1 Å². The lowest BCUT2D eigenvalue weighted by molar-refractivity contribution is -0.112. The zero-order valence-corrected chi connectivity index (χ0v) is 12.8. The van der Waals surface area contributed by atoms with E-state index in [0.29, 0.717) is 17.0 Å². The van der Waals surface area contributed by atoms with E-state index in [-0.39, 0.29) is 11.1 Å². The number of hydrogen-bond acceptors (Lipinski definition) is 4. The van der Waals surface area contributed by atoms with E-state index in [0.717, 1.165) is 0 Å². The van der Waals surface area contributed by atoms with Gasteiger partial charge >= 0.3 is 5.97 Å². The van der Waals surface area contributed by atoms with Gasteiger partial charge in [-0.1, -0.05) is 12.1 Å². The van der Waals surface area contributed by atoms with Crippen molar-refractivity contribution in [3.8, 4) is 11.8 Å². The van der Waals surface area contributed by atoms with Crippen LogP contribution in [0.1, 0.15) is 15.9 Å². The molecule has 0 radical (unpaired) electrons. The minimum absolute atomic E-state index is 0.0782. The van der Waals surface area contributed by atoms with Crippen LogP contribution in [0.3, 0.4) is 0 Å². The maximum absolute atomic E-state index is 12.2. The highest BCUT2D eigenvalue weighted by Crippen LogP contribution is 2.16. The second-order valence-electron chi connectivity index (χ2n) is 4.78. The van der Waals surface area contributed by atoms with Gasteiger partial charge in [-0.05, 0) is 48.0 Å². The van der Waals surface area contributed by atoms with Gasteiger partial charge in [-0.15, -0.1) is 0 Å². The van der Waals surface area contributed by atoms with Crippen molar-refractivity contribution in [3.05, 3.63) is 65.2 Å². The molecule has 24 heavy (non-hydrogen) atoms. The molecule has 0 saturated carbocycles. The first kappa shape index (κ1) is 16.8. The second kappa shape index (κ2) is 7.61. The number of hydrogen-bond donors (Lipinski definition) is 2. The number of ether oxygens (including phenoxy) is 1. The van der Waals surface area contributed by atoms with Crippen molar-refractivity contribution in [2.75, 3.05) is 12.4 Å². The van der Waals surface area contributed by atoms with E-state index in [4.69, 9.17) is 9.84 Å². The van der Waals surface area contributed by atoms with Crippen molar-refractivity contribution < 1.29 is 19.4 Å². The molecule has 0 aliphatic heterocycles. The molecule has 0 aliphatic carbocycles. The number of methoxy groups -OCH3 is 1. The van der Waals surface area contributed by atoms with Crippen molar-refractivity contribution in [2.24, 2.45) is 0 Å². The third kappa shape index (κ3) is 4.21. The van der Waals surface area contributed by atoms with Crippen LogP contribution in [0.2, 0.25) is 0 Å². The van der Waals surface area contributed by atoms with E-state index in [1.165, 1.54) is 37.5 Å². The lowest BCUT2D eigenvalue weighted by atomic mass is 10.1. The number of carboxylic acids is 1. The van der Waals surface area contributed by atoms with Crippen LogP contribution in [0.5, 0.6) is 5.75 Å². The number of nitrogens with one attached hydrogen (secondary N) is 1. The molecule has 2 rings (SSSR count). The lowest BCUT2D eigenvalue weighted by Crippen LogP contribution is -2.13. The van der Waals surface area contributed by atoms with Crippen molar-refractivity contribution >= 4 is 23.6 Å². The number of anilines is 1. The fourth-order valence-corrected chi connectivity index (χ4v) is 1.94. The molecular weight excluding hydrogens is 308 g/mol. The molecule has 0 saturated heterocycles. The Morgan fingerprint density at radius 3 is 2.50 bits per heavy atom. The molecule has 0 heterocycles. The van der Waals surface area contributed by atoms with Crippen LogP contribution in [-0.4, -0.2) is 24.1 Å². The summed E-state index contributed by atoms with van der Waals surface area (Å²) >= 11 is 0. The monoisotopic (exact) mass is 322 g/mol. The number of carboxylic acid groups (broad SMARTS) is 1. The summed E-state index contributed by atoms with van der Waals surface area (Å²) in [6.45, 7) is 0. The van der Waals surface area contributed by atoms with E-state index >= 15 is 0 Å². The highest BCUT2D eigenvalue weighted by Gasteiger charge is 2.10. The smallest absolute Gasteiger partial charge is 0.335 e. The quantitative estimate of drug-likeness (QED) is 0.651. The normalized spacial score (nSPS) is 10.6. The van der Waals surface area contributed by atoms with Gasteiger partial charge in [-0.3, -0.25) is 4.79 Å².